The Hall–Kier alpha value is -4.43. The summed E-state index contributed by atoms with van der Waals surface area (Å²) in [5, 5.41) is 12.4. The largest absolute Gasteiger partial charge is 0.508 e. The van der Waals surface area contributed by atoms with Crippen molar-refractivity contribution in [1.82, 2.24) is 15.1 Å². The highest BCUT2D eigenvalue weighted by Gasteiger charge is 2.39. The number of phenolic OH excluding ortho intramolecular Hbond substituents is 1. The summed E-state index contributed by atoms with van der Waals surface area (Å²) < 4.78 is 6.29. The number of allylic oxidation sites excluding steroid dienone is 1. The van der Waals surface area contributed by atoms with Crippen molar-refractivity contribution in [2.45, 2.75) is 103 Å². The minimum Gasteiger partial charge on any atom is -0.508 e. The van der Waals surface area contributed by atoms with E-state index >= 15 is 0 Å². The number of benzene rings is 3. The molecule has 2 saturated heterocycles. The van der Waals surface area contributed by atoms with Crippen LogP contribution in [-0.4, -0.2) is 64.9 Å². The number of aromatic hydroxyl groups is 1. The molecular weight excluding hydrogens is 663 g/mol. The van der Waals surface area contributed by atoms with Crippen molar-refractivity contribution in [3.8, 4) is 11.5 Å². The van der Waals surface area contributed by atoms with Crippen LogP contribution in [0.1, 0.15) is 117 Å². The molecule has 2 N–H and O–H groups in total. The van der Waals surface area contributed by atoms with Gasteiger partial charge in [-0.1, -0.05) is 68.2 Å². The van der Waals surface area contributed by atoms with Gasteiger partial charge in [0.2, 0.25) is 11.8 Å². The molecule has 1 aliphatic carbocycles. The fraction of sp³-hybridized carbons (Fsp3) is 0.489. The lowest BCUT2D eigenvalue weighted by molar-refractivity contribution is -0.136. The van der Waals surface area contributed by atoms with Crippen LogP contribution in [0.5, 0.6) is 11.5 Å². The number of hydrogen-bond donors (Lipinski definition) is 2. The first kappa shape index (κ1) is 36.9. The van der Waals surface area contributed by atoms with Crippen molar-refractivity contribution >= 4 is 23.3 Å². The normalized spacial score (nSPS) is 21.7. The Kier molecular flexibility index (Phi) is 11.9. The lowest BCUT2D eigenvalue weighted by Gasteiger charge is -2.32. The van der Waals surface area contributed by atoms with E-state index in [1.165, 1.54) is 79.2 Å². The molecule has 3 heterocycles. The summed E-state index contributed by atoms with van der Waals surface area (Å²) in [7, 11) is 0. The zero-order chi connectivity index (χ0) is 36.7. The third-order valence-corrected chi connectivity index (χ3v) is 12.0. The fourth-order valence-corrected chi connectivity index (χ4v) is 9.26. The van der Waals surface area contributed by atoms with Crippen molar-refractivity contribution in [2.24, 2.45) is 11.8 Å². The predicted octanol–water partition coefficient (Wildman–Crippen LogP) is 8.06. The molecule has 3 fully saturated rings. The van der Waals surface area contributed by atoms with Crippen LogP contribution in [0.25, 0.3) is 5.57 Å². The summed E-state index contributed by atoms with van der Waals surface area (Å²) >= 11 is 0. The summed E-state index contributed by atoms with van der Waals surface area (Å²) in [4.78, 5) is 41.2. The van der Waals surface area contributed by atoms with Gasteiger partial charge in [-0.25, -0.2) is 0 Å². The van der Waals surface area contributed by atoms with E-state index in [2.05, 4.69) is 65.7 Å². The van der Waals surface area contributed by atoms with Gasteiger partial charge in [0.05, 0.1) is 0 Å². The Bertz CT molecular complexity index is 1790. The number of imide groups is 1. The highest BCUT2D eigenvalue weighted by molar-refractivity contribution is 6.05. The number of piperidine rings is 2. The highest BCUT2D eigenvalue weighted by Crippen LogP contribution is 2.39. The van der Waals surface area contributed by atoms with Crippen molar-refractivity contribution in [2.75, 3.05) is 26.2 Å². The van der Waals surface area contributed by atoms with E-state index in [1.54, 1.807) is 17.0 Å². The number of amides is 3. The second-order valence-corrected chi connectivity index (χ2v) is 15.6. The Morgan fingerprint density at radius 3 is 2.38 bits per heavy atom. The molecule has 3 aromatic carbocycles. The molecule has 0 radical (unpaired) electrons. The third-order valence-electron chi connectivity index (χ3n) is 12.0. The fourth-order valence-electron chi connectivity index (χ4n) is 9.26. The Morgan fingerprint density at radius 2 is 1.64 bits per heavy atom. The van der Waals surface area contributed by atoms with Crippen LogP contribution in [0, 0.1) is 11.8 Å². The van der Waals surface area contributed by atoms with E-state index in [-0.39, 0.29) is 24.1 Å². The van der Waals surface area contributed by atoms with Gasteiger partial charge in [-0.2, -0.15) is 0 Å². The van der Waals surface area contributed by atoms with E-state index < -0.39 is 6.04 Å². The molecule has 3 aromatic rings. The van der Waals surface area contributed by atoms with E-state index in [4.69, 9.17) is 4.74 Å². The van der Waals surface area contributed by atoms with E-state index in [0.717, 1.165) is 50.2 Å². The van der Waals surface area contributed by atoms with Gasteiger partial charge in [-0.15, -0.1) is 0 Å². The molecule has 7 rings (SSSR count). The van der Waals surface area contributed by atoms with Crippen LogP contribution >= 0.6 is 0 Å². The summed E-state index contributed by atoms with van der Waals surface area (Å²) in [6.07, 6.45) is 13.9. The van der Waals surface area contributed by atoms with Gasteiger partial charge < -0.3 is 14.7 Å². The van der Waals surface area contributed by atoms with Crippen LogP contribution in [-0.2, 0) is 22.6 Å². The van der Waals surface area contributed by atoms with Gasteiger partial charge in [0, 0.05) is 31.6 Å². The third kappa shape index (κ3) is 8.86. The molecule has 280 valence electrons. The summed E-state index contributed by atoms with van der Waals surface area (Å²) in [5.74, 6) is 1.74. The van der Waals surface area contributed by atoms with Crippen molar-refractivity contribution in [1.29, 1.82) is 0 Å². The van der Waals surface area contributed by atoms with Crippen LogP contribution in [0.15, 0.2) is 72.3 Å². The molecule has 3 amide bonds. The molecule has 53 heavy (non-hydrogen) atoms. The van der Waals surface area contributed by atoms with Crippen LogP contribution < -0.4 is 10.1 Å². The minimum atomic E-state index is -0.575. The average molecular weight is 718 g/mol. The molecule has 4 aliphatic rings. The van der Waals surface area contributed by atoms with Gasteiger partial charge >= 0.3 is 0 Å². The number of nitrogens with one attached hydrogen (secondary N) is 1. The van der Waals surface area contributed by atoms with Crippen molar-refractivity contribution in [3.05, 3.63) is 100 Å². The quantitative estimate of drug-likeness (QED) is 0.174. The standard InChI is InChI=1S/C45H55N3O5/c1-2-39(33-11-4-3-5-12-33)43(34-14-18-37(49)19-15-34)35-16-20-38(21-17-35)53-27-26-47-25-7-10-32(29-47)9-6-8-31-13-22-40-36(28-31)30-48(45(40)52)41-23-24-42(50)46-44(41)51/h13-22,28,32-33,41,49H,2-12,23-27,29-30H2,1H3,(H,46,50,51)/b43-39-. The van der Waals surface area contributed by atoms with Gasteiger partial charge in [-0.05, 0) is 134 Å². The maximum Gasteiger partial charge on any atom is 0.255 e. The van der Waals surface area contributed by atoms with E-state index in [0.29, 0.717) is 42.7 Å². The number of likely N-dealkylation sites (tertiary alicyclic amines) is 1. The minimum absolute atomic E-state index is 0.114. The molecule has 2 unspecified atom stereocenters. The lowest BCUT2D eigenvalue weighted by atomic mass is 9.78. The second kappa shape index (κ2) is 17.1. The zero-order valence-corrected chi connectivity index (χ0v) is 31.3. The number of hydrogen-bond acceptors (Lipinski definition) is 6. The molecule has 0 bridgehead atoms. The number of carbonyl (C=O) groups excluding carboxylic acids is 3. The Morgan fingerprint density at radius 1 is 0.887 bits per heavy atom. The molecule has 2 atom stereocenters. The predicted molar refractivity (Wildman–Crippen MR) is 208 cm³/mol. The van der Waals surface area contributed by atoms with Crippen LogP contribution in [0.3, 0.4) is 0 Å². The molecule has 0 aromatic heterocycles. The Labute approximate surface area is 314 Å². The lowest BCUT2D eigenvalue weighted by Crippen LogP contribution is -2.52. The monoisotopic (exact) mass is 717 g/mol. The summed E-state index contributed by atoms with van der Waals surface area (Å²) in [6, 6.07) is 21.9. The second-order valence-electron chi connectivity index (χ2n) is 15.6. The summed E-state index contributed by atoms with van der Waals surface area (Å²) in [5.41, 5.74) is 8.12. The molecule has 8 nitrogen and oxygen atoms in total. The summed E-state index contributed by atoms with van der Waals surface area (Å²) in [6.45, 7) is 6.51. The first-order chi connectivity index (χ1) is 25.9. The number of phenols is 1. The van der Waals surface area contributed by atoms with Gasteiger partial charge in [-0.3, -0.25) is 24.6 Å². The van der Waals surface area contributed by atoms with Crippen LogP contribution in [0.2, 0.25) is 0 Å². The van der Waals surface area contributed by atoms with Gasteiger partial charge in [0.15, 0.2) is 0 Å². The highest BCUT2D eigenvalue weighted by atomic mass is 16.5. The van der Waals surface area contributed by atoms with E-state index in [1.807, 2.05) is 6.07 Å². The number of rotatable bonds is 13. The van der Waals surface area contributed by atoms with Crippen molar-refractivity contribution < 1.29 is 24.2 Å². The van der Waals surface area contributed by atoms with E-state index in [9.17, 15) is 19.5 Å². The molecule has 3 aliphatic heterocycles. The maximum absolute atomic E-state index is 13.1. The zero-order valence-electron chi connectivity index (χ0n) is 31.3. The molecule has 8 heteroatoms. The first-order valence-electron chi connectivity index (χ1n) is 20.1. The molecule has 1 saturated carbocycles. The maximum atomic E-state index is 13.1. The molecule has 0 spiro atoms. The van der Waals surface area contributed by atoms with Gasteiger partial charge in [0.25, 0.3) is 5.91 Å². The average Bonchev–Trinajstić information content (AvgIpc) is 3.50. The topological polar surface area (TPSA) is 99.2 Å². The van der Waals surface area contributed by atoms with Crippen LogP contribution in [0.4, 0.5) is 0 Å². The smallest absolute Gasteiger partial charge is 0.255 e. The number of carbonyl (C=O) groups is 3. The van der Waals surface area contributed by atoms with Crippen molar-refractivity contribution in [3.63, 3.8) is 0 Å². The van der Waals surface area contributed by atoms with Gasteiger partial charge in [0.1, 0.15) is 24.1 Å². The number of ether oxygens (including phenoxy) is 1. The number of nitrogens with zero attached hydrogens (tertiary/aromatic N) is 2. The number of aryl methyl sites for hydroxylation is 1. The molecular formula is C45H55N3O5. The number of fused-ring (bicyclic) bond motifs is 1. The SMILES string of the molecule is CC/C(=C(\c1ccc(O)cc1)c1ccc(OCCN2CCCC(CCCc3ccc4c(c3)CN(C3CCC(=O)NC3=O)C4=O)C2)cc1)C1CCCCC1. The Balaban J connectivity index is 0.885. The first-order valence-corrected chi connectivity index (χ1v) is 20.1.